The molecule has 17 heavy (non-hydrogen) atoms. The lowest BCUT2D eigenvalue weighted by Gasteiger charge is -2.17. The van der Waals surface area contributed by atoms with Gasteiger partial charge in [-0.25, -0.2) is 0 Å². The first kappa shape index (κ1) is 12.0. The molecule has 92 valence electrons. The molecule has 1 aliphatic heterocycles. The van der Waals surface area contributed by atoms with Crippen LogP contribution in [0.25, 0.3) is 0 Å². The third kappa shape index (κ3) is 2.60. The van der Waals surface area contributed by atoms with Crippen molar-refractivity contribution >= 4 is 11.6 Å². The fourth-order valence-electron chi connectivity index (χ4n) is 2.39. The summed E-state index contributed by atoms with van der Waals surface area (Å²) >= 11 is 0. The largest absolute Gasteiger partial charge is 0.399 e. The summed E-state index contributed by atoms with van der Waals surface area (Å²) in [6, 6.07) is 5.64. The Labute approximate surface area is 103 Å². The lowest BCUT2D eigenvalue weighted by molar-refractivity contribution is 0.0792. The second-order valence-electron chi connectivity index (χ2n) is 4.67. The molecule has 2 rings (SSSR count). The van der Waals surface area contributed by atoms with E-state index in [9.17, 15) is 4.79 Å². The van der Waals surface area contributed by atoms with Gasteiger partial charge in [0.2, 0.25) is 0 Å². The molecule has 1 heterocycles. The van der Waals surface area contributed by atoms with Gasteiger partial charge in [-0.2, -0.15) is 0 Å². The summed E-state index contributed by atoms with van der Waals surface area (Å²) in [5, 5.41) is 0. The molecule has 0 atom stereocenters. The minimum absolute atomic E-state index is 0.172. The van der Waals surface area contributed by atoms with Crippen LogP contribution < -0.4 is 5.73 Å². The minimum atomic E-state index is 0.172. The van der Waals surface area contributed by atoms with Crippen LogP contribution in [0.5, 0.6) is 0 Å². The molecule has 3 heteroatoms. The van der Waals surface area contributed by atoms with Crippen molar-refractivity contribution in [1.29, 1.82) is 0 Å². The number of aryl methyl sites for hydroxylation is 1. The Kier molecular flexibility index (Phi) is 3.67. The van der Waals surface area contributed by atoms with Crippen LogP contribution in [0.1, 0.15) is 42.1 Å². The molecule has 1 aromatic carbocycles. The minimum Gasteiger partial charge on any atom is -0.399 e. The zero-order chi connectivity index (χ0) is 12.3. The third-order valence-electron chi connectivity index (χ3n) is 3.27. The van der Waals surface area contributed by atoms with Crippen LogP contribution in [-0.4, -0.2) is 23.9 Å². The summed E-state index contributed by atoms with van der Waals surface area (Å²) in [6.07, 6.45) is 4.21. The van der Waals surface area contributed by atoms with Crippen molar-refractivity contribution in [2.45, 2.75) is 32.6 Å². The maximum Gasteiger partial charge on any atom is 0.254 e. The number of carbonyl (C=O) groups excluding carboxylic acids is 1. The highest BCUT2D eigenvalue weighted by Crippen LogP contribution is 2.19. The van der Waals surface area contributed by atoms with E-state index in [-0.39, 0.29) is 5.91 Å². The Bertz CT molecular complexity index is 409. The predicted octanol–water partition coefficient (Wildman–Crippen LogP) is 2.46. The van der Waals surface area contributed by atoms with Gasteiger partial charge in [0.15, 0.2) is 0 Å². The fraction of sp³-hybridized carbons (Fsp3) is 0.500. The molecule has 2 N–H and O–H groups in total. The number of nitrogens with zero attached hydrogens (tertiary/aromatic N) is 1. The lowest BCUT2D eigenvalue weighted by Crippen LogP contribution is -2.28. The molecule has 1 aliphatic rings. The zero-order valence-electron chi connectivity index (χ0n) is 10.4. The molecular formula is C14H20N2O. The van der Waals surface area contributed by atoms with Gasteiger partial charge in [-0.3, -0.25) is 4.79 Å². The Balaban J connectivity index is 2.26. The van der Waals surface area contributed by atoms with Gasteiger partial charge in [0.05, 0.1) is 0 Å². The van der Waals surface area contributed by atoms with Gasteiger partial charge < -0.3 is 10.6 Å². The van der Waals surface area contributed by atoms with Gasteiger partial charge in [-0.15, -0.1) is 0 Å². The Morgan fingerprint density at radius 1 is 1.35 bits per heavy atom. The molecule has 1 fully saturated rings. The summed E-state index contributed by atoms with van der Waals surface area (Å²) in [4.78, 5) is 14.3. The van der Waals surface area contributed by atoms with Gasteiger partial charge in [0, 0.05) is 24.3 Å². The van der Waals surface area contributed by atoms with Gasteiger partial charge in [0.1, 0.15) is 0 Å². The van der Waals surface area contributed by atoms with Gasteiger partial charge in [-0.05, 0) is 43.0 Å². The Hall–Kier alpha value is -1.51. The van der Waals surface area contributed by atoms with Crippen molar-refractivity contribution < 1.29 is 4.79 Å². The standard InChI is InChI=1S/C14H20N2O/c1-2-5-11-10-12(15)6-7-13(11)14(17)16-8-3-4-9-16/h6-7,10H,2-5,8-9,15H2,1H3. The van der Waals surface area contributed by atoms with Crippen molar-refractivity contribution in [2.24, 2.45) is 0 Å². The Morgan fingerprint density at radius 3 is 2.71 bits per heavy atom. The number of nitrogen functional groups attached to an aromatic ring is 1. The number of carbonyl (C=O) groups is 1. The number of amides is 1. The van der Waals surface area contributed by atoms with E-state index < -0.39 is 0 Å². The summed E-state index contributed by atoms with van der Waals surface area (Å²) in [6.45, 7) is 3.91. The van der Waals surface area contributed by atoms with Crippen LogP contribution in [0.2, 0.25) is 0 Å². The normalized spacial score (nSPS) is 15.2. The second kappa shape index (κ2) is 5.21. The summed E-state index contributed by atoms with van der Waals surface area (Å²) < 4.78 is 0. The number of nitrogens with two attached hydrogens (primary N) is 1. The van der Waals surface area contributed by atoms with E-state index >= 15 is 0 Å². The molecule has 0 radical (unpaired) electrons. The first-order valence-electron chi connectivity index (χ1n) is 6.40. The number of rotatable bonds is 3. The molecule has 0 unspecified atom stereocenters. The van der Waals surface area contributed by atoms with E-state index in [4.69, 9.17) is 5.73 Å². The van der Waals surface area contributed by atoms with Crippen LogP contribution in [0.3, 0.4) is 0 Å². The number of anilines is 1. The van der Waals surface area contributed by atoms with E-state index in [0.717, 1.165) is 55.6 Å². The zero-order valence-corrected chi connectivity index (χ0v) is 10.4. The molecule has 1 saturated heterocycles. The number of hydrogen-bond acceptors (Lipinski definition) is 2. The van der Waals surface area contributed by atoms with E-state index in [1.807, 2.05) is 23.1 Å². The van der Waals surface area contributed by atoms with E-state index in [1.54, 1.807) is 0 Å². The van der Waals surface area contributed by atoms with Gasteiger partial charge in [-0.1, -0.05) is 13.3 Å². The van der Waals surface area contributed by atoms with Crippen LogP contribution >= 0.6 is 0 Å². The lowest BCUT2D eigenvalue weighted by atomic mass is 10.0. The third-order valence-corrected chi connectivity index (χ3v) is 3.27. The molecule has 0 aromatic heterocycles. The van der Waals surface area contributed by atoms with Crippen molar-refractivity contribution in [3.05, 3.63) is 29.3 Å². The highest BCUT2D eigenvalue weighted by Gasteiger charge is 2.21. The molecule has 0 spiro atoms. The van der Waals surface area contributed by atoms with Crippen molar-refractivity contribution in [1.82, 2.24) is 4.90 Å². The van der Waals surface area contributed by atoms with Crippen molar-refractivity contribution in [3.8, 4) is 0 Å². The first-order valence-corrected chi connectivity index (χ1v) is 6.40. The molecule has 1 amide bonds. The van der Waals surface area contributed by atoms with Crippen LogP contribution in [0.4, 0.5) is 5.69 Å². The molecule has 0 saturated carbocycles. The topological polar surface area (TPSA) is 46.3 Å². The molecule has 0 aliphatic carbocycles. The monoisotopic (exact) mass is 232 g/mol. The number of likely N-dealkylation sites (tertiary alicyclic amines) is 1. The van der Waals surface area contributed by atoms with Gasteiger partial charge in [0.25, 0.3) is 5.91 Å². The fourth-order valence-corrected chi connectivity index (χ4v) is 2.39. The summed E-state index contributed by atoms with van der Waals surface area (Å²) in [7, 11) is 0. The summed E-state index contributed by atoms with van der Waals surface area (Å²) in [5.41, 5.74) is 8.45. The molecule has 3 nitrogen and oxygen atoms in total. The quantitative estimate of drug-likeness (QED) is 0.814. The molecular weight excluding hydrogens is 212 g/mol. The van der Waals surface area contributed by atoms with Crippen LogP contribution in [0, 0.1) is 0 Å². The highest BCUT2D eigenvalue weighted by atomic mass is 16.2. The average molecular weight is 232 g/mol. The van der Waals surface area contributed by atoms with Crippen molar-refractivity contribution in [3.63, 3.8) is 0 Å². The first-order chi connectivity index (χ1) is 8.22. The van der Waals surface area contributed by atoms with E-state index in [2.05, 4.69) is 6.92 Å². The SMILES string of the molecule is CCCc1cc(N)ccc1C(=O)N1CCCC1. The maximum absolute atomic E-state index is 12.3. The smallest absolute Gasteiger partial charge is 0.254 e. The summed E-state index contributed by atoms with van der Waals surface area (Å²) in [5.74, 6) is 0.172. The molecule has 1 aromatic rings. The van der Waals surface area contributed by atoms with Crippen LogP contribution in [-0.2, 0) is 6.42 Å². The van der Waals surface area contributed by atoms with E-state index in [1.165, 1.54) is 0 Å². The van der Waals surface area contributed by atoms with Crippen molar-refractivity contribution in [2.75, 3.05) is 18.8 Å². The average Bonchev–Trinajstić information content (AvgIpc) is 2.82. The highest BCUT2D eigenvalue weighted by molar-refractivity contribution is 5.96. The number of hydrogen-bond donors (Lipinski definition) is 1. The number of benzene rings is 1. The van der Waals surface area contributed by atoms with E-state index in [0.29, 0.717) is 0 Å². The molecule has 0 bridgehead atoms. The predicted molar refractivity (Wildman–Crippen MR) is 70.0 cm³/mol. The maximum atomic E-state index is 12.3. The van der Waals surface area contributed by atoms with Crippen LogP contribution in [0.15, 0.2) is 18.2 Å². The second-order valence-corrected chi connectivity index (χ2v) is 4.67. The Morgan fingerprint density at radius 2 is 2.06 bits per heavy atom. The van der Waals surface area contributed by atoms with Gasteiger partial charge >= 0.3 is 0 Å².